The van der Waals surface area contributed by atoms with Gasteiger partial charge in [0.2, 0.25) is 5.91 Å². The summed E-state index contributed by atoms with van der Waals surface area (Å²) in [5, 5.41) is 3.53. The number of amides is 1. The number of nitrogens with one attached hydrogen (secondary N) is 1. The van der Waals surface area contributed by atoms with E-state index in [9.17, 15) is 9.18 Å². The Bertz CT molecular complexity index is 849. The zero-order valence-electron chi connectivity index (χ0n) is 14.7. The predicted octanol–water partition coefficient (Wildman–Crippen LogP) is 4.53. The van der Waals surface area contributed by atoms with Gasteiger partial charge in [0.05, 0.1) is 11.5 Å². The van der Waals surface area contributed by atoms with Crippen LogP contribution in [0.5, 0.6) is 0 Å². The number of carbonyl (C=O) groups is 1. The third-order valence-electron chi connectivity index (χ3n) is 4.08. The summed E-state index contributed by atoms with van der Waals surface area (Å²) >= 11 is 1.37. The fourth-order valence-electron chi connectivity index (χ4n) is 2.49. The van der Waals surface area contributed by atoms with Gasteiger partial charge < -0.3 is 5.32 Å². The number of hydrogen-bond donors (Lipinski definition) is 1. The number of anilines is 1. The third-order valence-corrected chi connectivity index (χ3v) is 5.05. The largest absolute Gasteiger partial charge is 0.325 e. The molecule has 0 spiro atoms. The second kappa shape index (κ2) is 7.83. The summed E-state index contributed by atoms with van der Waals surface area (Å²) in [4.78, 5) is 21.7. The average molecular weight is 369 g/mol. The van der Waals surface area contributed by atoms with Gasteiger partial charge in [-0.3, -0.25) is 9.79 Å². The Kier molecular flexibility index (Phi) is 5.52. The fraction of sp³-hybridized carbons (Fsp3) is 0.250. The summed E-state index contributed by atoms with van der Waals surface area (Å²) in [5.74, 6) is -0.288. The molecule has 4 nitrogen and oxygen atoms in total. The molecule has 0 aliphatic carbocycles. The molecule has 2 aromatic carbocycles. The summed E-state index contributed by atoms with van der Waals surface area (Å²) in [6.07, 6.45) is 0.787. The van der Waals surface area contributed by atoms with E-state index in [0.29, 0.717) is 5.69 Å². The van der Waals surface area contributed by atoms with Crippen LogP contribution in [-0.2, 0) is 4.79 Å². The number of hydrogen-bond acceptors (Lipinski definition) is 4. The number of aliphatic imine (C=N–C) groups is 2. The summed E-state index contributed by atoms with van der Waals surface area (Å²) in [6.45, 7) is 4.03. The summed E-state index contributed by atoms with van der Waals surface area (Å²) in [6, 6.07) is 15.6. The third kappa shape index (κ3) is 4.38. The Morgan fingerprint density at radius 3 is 2.46 bits per heavy atom. The van der Waals surface area contributed by atoms with Gasteiger partial charge in [-0.2, -0.15) is 0 Å². The van der Waals surface area contributed by atoms with Crippen LogP contribution < -0.4 is 5.32 Å². The molecule has 0 saturated heterocycles. The van der Waals surface area contributed by atoms with Crippen LogP contribution in [0.4, 0.5) is 10.1 Å². The zero-order chi connectivity index (χ0) is 18.6. The molecule has 1 aliphatic rings. The van der Waals surface area contributed by atoms with Crippen molar-refractivity contribution in [1.29, 1.82) is 0 Å². The first-order valence-electron chi connectivity index (χ1n) is 8.43. The van der Waals surface area contributed by atoms with E-state index in [-0.39, 0.29) is 17.5 Å². The molecule has 1 N–H and O–H groups in total. The normalized spacial score (nSPS) is 19.0. The summed E-state index contributed by atoms with van der Waals surface area (Å²) in [5.41, 5.74) is 1.91. The Labute approximate surface area is 156 Å². The molecule has 26 heavy (non-hydrogen) atoms. The van der Waals surface area contributed by atoms with Gasteiger partial charge in [0.25, 0.3) is 0 Å². The average Bonchev–Trinajstić information content (AvgIpc) is 3.00. The van der Waals surface area contributed by atoms with Crippen molar-refractivity contribution in [3.8, 4) is 0 Å². The minimum absolute atomic E-state index is 0.165. The highest BCUT2D eigenvalue weighted by Crippen LogP contribution is 2.29. The van der Waals surface area contributed by atoms with E-state index in [1.54, 1.807) is 0 Å². The Morgan fingerprint density at radius 1 is 1.12 bits per heavy atom. The highest BCUT2D eigenvalue weighted by molar-refractivity contribution is 8.16. The van der Waals surface area contributed by atoms with Crippen molar-refractivity contribution in [2.24, 2.45) is 9.98 Å². The summed E-state index contributed by atoms with van der Waals surface area (Å²) in [7, 11) is 0. The highest BCUT2D eigenvalue weighted by atomic mass is 32.2. The number of thioether (sulfide) groups is 1. The maximum Gasteiger partial charge on any atom is 0.234 e. The van der Waals surface area contributed by atoms with Gasteiger partial charge in [0.1, 0.15) is 16.5 Å². The number of benzene rings is 2. The molecule has 6 heteroatoms. The molecule has 1 unspecified atom stereocenters. The van der Waals surface area contributed by atoms with E-state index >= 15 is 0 Å². The molecule has 0 saturated carbocycles. The molecule has 1 aliphatic heterocycles. The van der Waals surface area contributed by atoms with Gasteiger partial charge in [-0.05, 0) is 37.6 Å². The SMILES string of the molecule is CCC1(C)N=C(SCC(=O)Nc2ccc(F)cc2)C(c2ccccc2)=N1. The lowest BCUT2D eigenvalue weighted by molar-refractivity contribution is -0.113. The molecule has 134 valence electrons. The molecule has 0 radical (unpaired) electrons. The molecule has 0 aromatic heterocycles. The smallest absolute Gasteiger partial charge is 0.234 e. The Morgan fingerprint density at radius 2 is 1.81 bits per heavy atom. The van der Waals surface area contributed by atoms with E-state index in [1.165, 1.54) is 36.0 Å². The molecule has 1 heterocycles. The van der Waals surface area contributed by atoms with Crippen molar-refractivity contribution in [3.63, 3.8) is 0 Å². The van der Waals surface area contributed by atoms with Crippen molar-refractivity contribution in [3.05, 3.63) is 66.0 Å². The first kappa shape index (κ1) is 18.3. The Hall–Kier alpha value is -2.47. The Balaban J connectivity index is 1.69. The molecule has 0 bridgehead atoms. The van der Waals surface area contributed by atoms with Crippen LogP contribution in [0.15, 0.2) is 64.6 Å². The predicted molar refractivity (Wildman–Crippen MR) is 107 cm³/mol. The van der Waals surface area contributed by atoms with Crippen molar-refractivity contribution in [2.45, 2.75) is 25.9 Å². The standard InChI is InChI=1S/C20H20FN3OS/c1-3-20(2)23-18(14-7-5-4-6-8-14)19(24-20)26-13-17(25)22-16-11-9-15(21)10-12-16/h4-12H,3,13H2,1-2H3,(H,22,25). The lowest BCUT2D eigenvalue weighted by Gasteiger charge is -2.13. The van der Waals surface area contributed by atoms with Crippen LogP contribution in [0.2, 0.25) is 0 Å². The number of carbonyl (C=O) groups excluding carboxylic acids is 1. The van der Waals surface area contributed by atoms with Crippen LogP contribution >= 0.6 is 11.8 Å². The number of nitrogens with zero attached hydrogens (tertiary/aromatic N) is 2. The second-order valence-corrected chi connectivity index (χ2v) is 7.12. The van der Waals surface area contributed by atoms with Gasteiger partial charge in [-0.1, -0.05) is 49.0 Å². The summed E-state index contributed by atoms with van der Waals surface area (Å²) < 4.78 is 12.9. The maximum atomic E-state index is 12.9. The topological polar surface area (TPSA) is 53.8 Å². The van der Waals surface area contributed by atoms with Crippen molar-refractivity contribution in [1.82, 2.24) is 0 Å². The van der Waals surface area contributed by atoms with E-state index in [4.69, 9.17) is 9.98 Å². The minimum atomic E-state index is -0.485. The fourth-order valence-corrected chi connectivity index (χ4v) is 3.39. The quantitative estimate of drug-likeness (QED) is 0.842. The lowest BCUT2D eigenvalue weighted by atomic mass is 10.1. The van der Waals surface area contributed by atoms with Crippen molar-refractivity contribution >= 4 is 34.1 Å². The molecule has 0 fully saturated rings. The van der Waals surface area contributed by atoms with Gasteiger partial charge in [0, 0.05) is 11.3 Å². The maximum absolute atomic E-state index is 12.9. The first-order chi connectivity index (χ1) is 12.5. The van der Waals surface area contributed by atoms with E-state index in [0.717, 1.165) is 22.7 Å². The van der Waals surface area contributed by atoms with Crippen LogP contribution in [0, 0.1) is 5.82 Å². The zero-order valence-corrected chi connectivity index (χ0v) is 15.5. The molecule has 2 aromatic rings. The lowest BCUT2D eigenvalue weighted by Crippen LogP contribution is -2.17. The second-order valence-electron chi connectivity index (χ2n) is 6.16. The van der Waals surface area contributed by atoms with Gasteiger partial charge in [-0.25, -0.2) is 9.38 Å². The molecule has 1 atom stereocenters. The molecule has 3 rings (SSSR count). The van der Waals surface area contributed by atoms with Crippen LogP contribution in [0.3, 0.4) is 0 Å². The molecular weight excluding hydrogens is 349 g/mol. The van der Waals surface area contributed by atoms with Crippen molar-refractivity contribution in [2.75, 3.05) is 11.1 Å². The number of halogens is 1. The van der Waals surface area contributed by atoms with Crippen LogP contribution in [0.25, 0.3) is 0 Å². The molecular formula is C20H20FN3OS. The minimum Gasteiger partial charge on any atom is -0.325 e. The van der Waals surface area contributed by atoms with Gasteiger partial charge >= 0.3 is 0 Å². The van der Waals surface area contributed by atoms with E-state index in [1.807, 2.05) is 44.2 Å². The van der Waals surface area contributed by atoms with Crippen molar-refractivity contribution < 1.29 is 9.18 Å². The molecule has 1 amide bonds. The number of rotatable bonds is 5. The van der Waals surface area contributed by atoms with Gasteiger partial charge in [0.15, 0.2) is 0 Å². The highest BCUT2D eigenvalue weighted by Gasteiger charge is 2.31. The van der Waals surface area contributed by atoms with E-state index in [2.05, 4.69) is 5.32 Å². The first-order valence-corrected chi connectivity index (χ1v) is 9.41. The van der Waals surface area contributed by atoms with Gasteiger partial charge in [-0.15, -0.1) is 0 Å². The van der Waals surface area contributed by atoms with E-state index < -0.39 is 5.66 Å². The van der Waals surface area contributed by atoms with Crippen LogP contribution in [0.1, 0.15) is 25.8 Å². The van der Waals surface area contributed by atoms with Crippen LogP contribution in [-0.4, -0.2) is 28.1 Å². The monoisotopic (exact) mass is 369 g/mol.